The minimum Gasteiger partial charge on any atom is -0.364 e. The monoisotopic (exact) mass is 582 g/mol. The first-order valence-electron chi connectivity index (χ1n) is 16.5. The highest BCUT2D eigenvalue weighted by molar-refractivity contribution is 7.11. The van der Waals surface area contributed by atoms with Crippen molar-refractivity contribution in [3.63, 3.8) is 0 Å². The molecule has 0 bridgehead atoms. The van der Waals surface area contributed by atoms with Gasteiger partial charge in [-0.25, -0.2) is 0 Å². The van der Waals surface area contributed by atoms with Crippen LogP contribution in [0.3, 0.4) is 0 Å². The Labute approximate surface area is 260 Å². The first kappa shape index (κ1) is 27.0. The molecule has 3 heteroatoms. The molecule has 8 rings (SSSR count). The molecule has 3 atom stereocenters. The Morgan fingerprint density at radius 1 is 0.837 bits per heavy atom. The van der Waals surface area contributed by atoms with E-state index in [1.807, 2.05) is 11.3 Å². The van der Waals surface area contributed by atoms with Crippen LogP contribution in [0.2, 0.25) is 0 Å². The Morgan fingerprint density at radius 3 is 2.70 bits per heavy atom. The third kappa shape index (κ3) is 4.96. The Hall–Kier alpha value is -3.56. The van der Waals surface area contributed by atoms with E-state index >= 15 is 0 Å². The van der Waals surface area contributed by atoms with Gasteiger partial charge in [0.15, 0.2) is 0 Å². The lowest BCUT2D eigenvalue weighted by atomic mass is 9.81. The minimum atomic E-state index is 0.287. The van der Waals surface area contributed by atoms with Gasteiger partial charge in [0.2, 0.25) is 0 Å². The van der Waals surface area contributed by atoms with E-state index < -0.39 is 0 Å². The highest BCUT2D eigenvalue weighted by Crippen LogP contribution is 2.41. The van der Waals surface area contributed by atoms with Gasteiger partial charge in [-0.15, -0.1) is 11.3 Å². The summed E-state index contributed by atoms with van der Waals surface area (Å²) in [6.07, 6.45) is 48.9. The SMILES string of the molecule is C/C1=C\C=C/CN(C2=CC=C3CCC=CC3C2)C2CC=CC(N(C3=CCCC=C3)C3C=Cc4sc5c(c4C3)=CCCC=5)=C12. The summed E-state index contributed by atoms with van der Waals surface area (Å²) in [6, 6.07) is 0.612. The van der Waals surface area contributed by atoms with E-state index in [0.29, 0.717) is 12.0 Å². The van der Waals surface area contributed by atoms with Gasteiger partial charge in [-0.2, -0.15) is 0 Å². The molecule has 0 fully saturated rings. The second kappa shape index (κ2) is 11.5. The van der Waals surface area contributed by atoms with Crippen molar-refractivity contribution >= 4 is 29.6 Å². The quantitative estimate of drug-likeness (QED) is 0.331. The lowest BCUT2D eigenvalue weighted by Crippen LogP contribution is -2.43. The Bertz CT molecular complexity index is 1760. The number of allylic oxidation sites excluding steroid dienone is 12. The van der Waals surface area contributed by atoms with Crippen LogP contribution in [0.25, 0.3) is 18.2 Å². The molecule has 0 amide bonds. The molecule has 0 spiro atoms. The third-order valence-corrected chi connectivity index (χ3v) is 11.5. The van der Waals surface area contributed by atoms with Gasteiger partial charge in [-0.3, -0.25) is 0 Å². The van der Waals surface area contributed by atoms with Crippen molar-refractivity contribution in [2.45, 2.75) is 76.8 Å². The van der Waals surface area contributed by atoms with E-state index in [4.69, 9.17) is 0 Å². The first-order chi connectivity index (χ1) is 21.2. The molecule has 7 aliphatic rings. The Morgan fingerprint density at radius 2 is 1.77 bits per heavy atom. The average Bonchev–Trinajstić information content (AvgIpc) is 3.42. The number of thiophene rings is 1. The Balaban J connectivity index is 1.23. The summed E-state index contributed by atoms with van der Waals surface area (Å²) in [4.78, 5) is 6.88. The fourth-order valence-corrected chi connectivity index (χ4v) is 9.34. The highest BCUT2D eigenvalue weighted by atomic mass is 32.1. The number of hydrogen-bond donors (Lipinski definition) is 0. The number of fused-ring (bicyclic) bond motifs is 5. The van der Waals surface area contributed by atoms with Gasteiger partial charge in [0, 0.05) is 44.5 Å². The molecule has 43 heavy (non-hydrogen) atoms. The van der Waals surface area contributed by atoms with E-state index in [-0.39, 0.29) is 6.04 Å². The number of nitrogens with zero attached hydrogens (tertiary/aromatic N) is 2. The molecule has 0 radical (unpaired) electrons. The molecule has 2 heterocycles. The molecule has 2 nitrogen and oxygen atoms in total. The molecule has 1 aromatic heterocycles. The van der Waals surface area contributed by atoms with Gasteiger partial charge in [0.25, 0.3) is 0 Å². The summed E-state index contributed by atoms with van der Waals surface area (Å²) in [5.41, 5.74) is 10.3. The highest BCUT2D eigenvalue weighted by Gasteiger charge is 2.35. The first-order valence-corrected chi connectivity index (χ1v) is 17.3. The molecule has 1 aromatic rings. The maximum atomic E-state index is 2.72. The lowest BCUT2D eigenvalue weighted by Gasteiger charge is -2.44. The van der Waals surface area contributed by atoms with Gasteiger partial charge < -0.3 is 9.80 Å². The summed E-state index contributed by atoms with van der Waals surface area (Å²) in [6.45, 7) is 3.29. The summed E-state index contributed by atoms with van der Waals surface area (Å²) < 4.78 is 1.48. The summed E-state index contributed by atoms with van der Waals surface area (Å²) in [5.74, 6) is 0.562. The van der Waals surface area contributed by atoms with Crippen molar-refractivity contribution < 1.29 is 0 Å². The van der Waals surface area contributed by atoms with Crippen LogP contribution in [0.4, 0.5) is 0 Å². The fraction of sp³-hybridized carbons (Fsp3) is 0.350. The summed E-state index contributed by atoms with van der Waals surface area (Å²) in [5, 5.41) is 1.51. The van der Waals surface area contributed by atoms with Crippen LogP contribution >= 0.6 is 11.3 Å². The zero-order chi connectivity index (χ0) is 28.8. The van der Waals surface area contributed by atoms with Gasteiger partial charge in [-0.1, -0.05) is 78.5 Å². The van der Waals surface area contributed by atoms with Crippen LogP contribution in [-0.4, -0.2) is 28.4 Å². The molecule has 1 aliphatic heterocycles. The van der Waals surface area contributed by atoms with E-state index in [1.165, 1.54) is 68.5 Å². The van der Waals surface area contributed by atoms with Crippen LogP contribution in [0, 0.1) is 5.92 Å². The van der Waals surface area contributed by atoms with Gasteiger partial charge in [-0.05, 0) is 105 Å². The van der Waals surface area contributed by atoms with Crippen molar-refractivity contribution in [1.29, 1.82) is 0 Å². The lowest BCUT2D eigenvalue weighted by molar-refractivity contribution is 0.280. The van der Waals surface area contributed by atoms with Gasteiger partial charge in [0.05, 0.1) is 12.1 Å². The zero-order valence-corrected chi connectivity index (χ0v) is 26.2. The van der Waals surface area contributed by atoms with Gasteiger partial charge >= 0.3 is 0 Å². The van der Waals surface area contributed by atoms with Crippen LogP contribution in [0.15, 0.2) is 113 Å². The van der Waals surface area contributed by atoms with Crippen molar-refractivity contribution in [2.75, 3.05) is 6.54 Å². The maximum absolute atomic E-state index is 2.72. The van der Waals surface area contributed by atoms with E-state index in [0.717, 1.165) is 38.6 Å². The standard InChI is InChI=1S/C40H42N2S/c1-28-12-9-10-25-41(32-22-21-29-13-5-6-14-30(29)26-32)36-18-11-19-37(40(28)36)42(31-15-3-2-4-16-31)33-23-24-39-35(27-33)34-17-7-8-20-38(34)43-39/h3,6,9-12,14-17,19-24,30,33,36H,2,4-5,7-8,13,18,25-27H2,1H3/b10-9-,28-12+. The van der Waals surface area contributed by atoms with Gasteiger partial charge in [0.1, 0.15) is 0 Å². The zero-order valence-electron chi connectivity index (χ0n) is 25.3. The molecule has 0 N–H and O–H groups in total. The van der Waals surface area contributed by atoms with E-state index in [2.05, 4.69) is 114 Å². The molecule has 3 unspecified atom stereocenters. The van der Waals surface area contributed by atoms with Crippen molar-refractivity contribution in [3.05, 3.63) is 133 Å². The topological polar surface area (TPSA) is 6.48 Å². The predicted molar refractivity (Wildman–Crippen MR) is 183 cm³/mol. The second-order valence-electron chi connectivity index (χ2n) is 12.9. The third-order valence-electron chi connectivity index (χ3n) is 10.2. The predicted octanol–water partition coefficient (Wildman–Crippen LogP) is 8.16. The van der Waals surface area contributed by atoms with Crippen molar-refractivity contribution in [2.24, 2.45) is 5.92 Å². The van der Waals surface area contributed by atoms with Crippen LogP contribution in [-0.2, 0) is 6.42 Å². The van der Waals surface area contributed by atoms with E-state index in [1.54, 1.807) is 11.1 Å². The van der Waals surface area contributed by atoms with E-state index in [9.17, 15) is 0 Å². The molecule has 6 aliphatic carbocycles. The van der Waals surface area contributed by atoms with Crippen molar-refractivity contribution in [1.82, 2.24) is 9.80 Å². The molecule has 218 valence electrons. The van der Waals surface area contributed by atoms with Crippen molar-refractivity contribution in [3.8, 4) is 0 Å². The minimum absolute atomic E-state index is 0.287. The smallest absolute Gasteiger partial charge is 0.0600 e. The van der Waals surface area contributed by atoms with Crippen LogP contribution < -0.4 is 9.75 Å². The molecule has 0 saturated heterocycles. The summed E-state index contributed by atoms with van der Waals surface area (Å²) in [7, 11) is 0. The maximum Gasteiger partial charge on any atom is 0.0600 e. The number of rotatable bonds is 4. The average molecular weight is 583 g/mol. The van der Waals surface area contributed by atoms with Crippen LogP contribution in [0.5, 0.6) is 0 Å². The second-order valence-corrected chi connectivity index (χ2v) is 14.0. The Kier molecular flexibility index (Phi) is 7.23. The molecule has 0 saturated carbocycles. The molecule has 0 aromatic carbocycles. The van der Waals surface area contributed by atoms with Crippen LogP contribution in [0.1, 0.15) is 68.7 Å². The number of hydrogen-bond acceptors (Lipinski definition) is 3. The summed E-state index contributed by atoms with van der Waals surface area (Å²) >= 11 is 1.98. The fourth-order valence-electron chi connectivity index (χ4n) is 8.12. The molecular weight excluding hydrogens is 541 g/mol. The normalized spacial score (nSPS) is 29.2. The largest absolute Gasteiger partial charge is 0.364 e. The molecular formula is C40H42N2S.